The molecule has 1 N–H and O–H groups in total. The topological polar surface area (TPSA) is 30.5 Å². The van der Waals surface area contributed by atoms with Gasteiger partial charge in [0.25, 0.3) is 0 Å². The lowest BCUT2D eigenvalue weighted by Gasteiger charge is -2.28. The Morgan fingerprint density at radius 2 is 1.76 bits per heavy atom. The maximum absolute atomic E-state index is 11.7. The average molecular weight is 255 g/mol. The highest BCUT2D eigenvalue weighted by atomic mass is 19.4. The molecule has 6 heteroatoms. The second-order valence-corrected chi connectivity index (χ2v) is 4.30. The van der Waals surface area contributed by atoms with Crippen LogP contribution >= 0.6 is 0 Å². The summed E-state index contributed by atoms with van der Waals surface area (Å²) in [6.07, 6.45) is -0.0238. The Kier molecular flexibility index (Phi) is 6.22. The predicted molar refractivity (Wildman–Crippen MR) is 57.9 cm³/mol. The first kappa shape index (κ1) is 14.7. The molecule has 0 radical (unpaired) electrons. The highest BCUT2D eigenvalue weighted by Crippen LogP contribution is 2.21. The van der Waals surface area contributed by atoms with E-state index >= 15 is 0 Å². The Morgan fingerprint density at radius 1 is 1.12 bits per heavy atom. The van der Waals surface area contributed by atoms with Gasteiger partial charge in [0, 0.05) is 6.04 Å². The third-order valence-electron chi connectivity index (χ3n) is 2.93. The molecule has 17 heavy (non-hydrogen) atoms. The van der Waals surface area contributed by atoms with E-state index in [2.05, 4.69) is 10.1 Å². The fourth-order valence-corrected chi connectivity index (χ4v) is 1.98. The minimum atomic E-state index is -4.25. The summed E-state index contributed by atoms with van der Waals surface area (Å²) in [7, 11) is 1.94. The van der Waals surface area contributed by atoms with Crippen molar-refractivity contribution in [2.75, 3.05) is 26.9 Å². The molecule has 0 aliphatic heterocycles. The Morgan fingerprint density at radius 3 is 2.29 bits per heavy atom. The molecule has 102 valence electrons. The summed E-state index contributed by atoms with van der Waals surface area (Å²) in [4.78, 5) is 0. The summed E-state index contributed by atoms with van der Waals surface area (Å²) < 4.78 is 45.2. The zero-order valence-corrected chi connectivity index (χ0v) is 10.1. The summed E-state index contributed by atoms with van der Waals surface area (Å²) in [5.41, 5.74) is 0. The second kappa shape index (κ2) is 7.18. The number of ether oxygens (including phenoxy) is 2. The monoisotopic (exact) mass is 255 g/mol. The van der Waals surface area contributed by atoms with Crippen LogP contribution < -0.4 is 5.32 Å². The first-order chi connectivity index (χ1) is 8.01. The first-order valence-corrected chi connectivity index (χ1v) is 5.94. The van der Waals surface area contributed by atoms with Gasteiger partial charge in [-0.05, 0) is 32.7 Å². The molecule has 0 spiro atoms. The molecule has 1 fully saturated rings. The van der Waals surface area contributed by atoms with E-state index in [-0.39, 0.29) is 19.3 Å². The van der Waals surface area contributed by atoms with Gasteiger partial charge in [-0.1, -0.05) is 0 Å². The maximum Gasteiger partial charge on any atom is 0.411 e. The molecule has 0 bridgehead atoms. The maximum atomic E-state index is 11.7. The van der Waals surface area contributed by atoms with Gasteiger partial charge in [-0.2, -0.15) is 13.2 Å². The van der Waals surface area contributed by atoms with Crippen LogP contribution in [0, 0.1) is 0 Å². The SMILES string of the molecule is CNC1CCC(OCCOCC(F)(F)F)CC1. The van der Waals surface area contributed by atoms with E-state index in [4.69, 9.17) is 4.74 Å². The van der Waals surface area contributed by atoms with Gasteiger partial charge < -0.3 is 14.8 Å². The van der Waals surface area contributed by atoms with E-state index in [9.17, 15) is 13.2 Å². The predicted octanol–water partition coefficient (Wildman–Crippen LogP) is 2.11. The minimum Gasteiger partial charge on any atom is -0.376 e. The van der Waals surface area contributed by atoms with Crippen molar-refractivity contribution >= 4 is 0 Å². The summed E-state index contributed by atoms with van der Waals surface area (Å²) in [6, 6.07) is 0.552. The van der Waals surface area contributed by atoms with Gasteiger partial charge in [0.1, 0.15) is 6.61 Å². The number of hydrogen-bond donors (Lipinski definition) is 1. The van der Waals surface area contributed by atoms with E-state index < -0.39 is 12.8 Å². The number of hydrogen-bond acceptors (Lipinski definition) is 3. The number of nitrogens with one attached hydrogen (secondary N) is 1. The highest BCUT2D eigenvalue weighted by molar-refractivity contribution is 4.76. The van der Waals surface area contributed by atoms with Crippen molar-refractivity contribution in [3.05, 3.63) is 0 Å². The highest BCUT2D eigenvalue weighted by Gasteiger charge is 2.27. The molecule has 0 aromatic rings. The molecule has 1 aliphatic carbocycles. The van der Waals surface area contributed by atoms with Crippen molar-refractivity contribution in [1.82, 2.24) is 5.32 Å². The van der Waals surface area contributed by atoms with Crippen molar-refractivity contribution in [2.45, 2.75) is 44.0 Å². The molecule has 0 heterocycles. The molecule has 1 saturated carbocycles. The van der Waals surface area contributed by atoms with Gasteiger partial charge in [-0.3, -0.25) is 0 Å². The van der Waals surface area contributed by atoms with Crippen molar-refractivity contribution in [3.8, 4) is 0 Å². The molecule has 0 saturated heterocycles. The molecule has 0 atom stereocenters. The molecule has 0 aromatic carbocycles. The van der Waals surface area contributed by atoms with Crippen LogP contribution in [0.4, 0.5) is 13.2 Å². The largest absolute Gasteiger partial charge is 0.411 e. The summed E-state index contributed by atoms with van der Waals surface area (Å²) in [5.74, 6) is 0. The Balaban J connectivity index is 1.97. The second-order valence-electron chi connectivity index (χ2n) is 4.30. The molecule has 0 aromatic heterocycles. The van der Waals surface area contributed by atoms with Crippen LogP contribution in [-0.4, -0.2) is 45.2 Å². The van der Waals surface area contributed by atoms with Crippen molar-refractivity contribution in [3.63, 3.8) is 0 Å². The van der Waals surface area contributed by atoms with Crippen LogP contribution in [0.5, 0.6) is 0 Å². The van der Waals surface area contributed by atoms with Gasteiger partial charge >= 0.3 is 6.18 Å². The van der Waals surface area contributed by atoms with Crippen molar-refractivity contribution in [2.24, 2.45) is 0 Å². The standard InChI is InChI=1S/C11H20F3NO2/c1-15-9-2-4-10(5-3-9)17-7-6-16-8-11(12,13)14/h9-10,15H,2-8H2,1H3. The normalized spacial score (nSPS) is 26.1. The summed E-state index contributed by atoms with van der Waals surface area (Å²) in [5, 5.41) is 3.21. The lowest BCUT2D eigenvalue weighted by Crippen LogP contribution is -2.33. The van der Waals surface area contributed by atoms with Crippen LogP contribution in [0.2, 0.25) is 0 Å². The molecule has 3 nitrogen and oxygen atoms in total. The number of alkyl halides is 3. The summed E-state index contributed by atoms with van der Waals surface area (Å²) >= 11 is 0. The lowest BCUT2D eigenvalue weighted by atomic mass is 9.93. The van der Waals surface area contributed by atoms with E-state index in [1.54, 1.807) is 0 Å². The quantitative estimate of drug-likeness (QED) is 0.737. The van der Waals surface area contributed by atoms with Crippen LogP contribution in [0.25, 0.3) is 0 Å². The molecular weight excluding hydrogens is 235 g/mol. The average Bonchev–Trinajstić information content (AvgIpc) is 2.28. The zero-order chi connectivity index (χ0) is 12.7. The van der Waals surface area contributed by atoms with Crippen LogP contribution in [0.1, 0.15) is 25.7 Å². The summed E-state index contributed by atoms with van der Waals surface area (Å²) in [6.45, 7) is -0.945. The third-order valence-corrected chi connectivity index (χ3v) is 2.93. The fraction of sp³-hybridized carbons (Fsp3) is 1.00. The molecular formula is C11H20F3NO2. The minimum absolute atomic E-state index is 0.00542. The molecule has 1 rings (SSSR count). The number of halogens is 3. The Bertz CT molecular complexity index is 203. The van der Waals surface area contributed by atoms with Crippen molar-refractivity contribution < 1.29 is 22.6 Å². The van der Waals surface area contributed by atoms with E-state index in [1.165, 1.54) is 0 Å². The zero-order valence-electron chi connectivity index (χ0n) is 10.1. The Hall–Kier alpha value is -0.330. The van der Waals surface area contributed by atoms with E-state index in [1.807, 2.05) is 7.05 Å². The smallest absolute Gasteiger partial charge is 0.376 e. The van der Waals surface area contributed by atoms with E-state index in [0.29, 0.717) is 6.04 Å². The molecule has 1 aliphatic rings. The van der Waals surface area contributed by atoms with Gasteiger partial charge in [0.15, 0.2) is 0 Å². The molecule has 0 amide bonds. The first-order valence-electron chi connectivity index (χ1n) is 5.94. The van der Waals surface area contributed by atoms with E-state index in [0.717, 1.165) is 25.7 Å². The van der Waals surface area contributed by atoms with Crippen molar-refractivity contribution in [1.29, 1.82) is 0 Å². The van der Waals surface area contributed by atoms with Gasteiger partial charge in [0.2, 0.25) is 0 Å². The van der Waals surface area contributed by atoms with Crippen LogP contribution in [-0.2, 0) is 9.47 Å². The van der Waals surface area contributed by atoms with Gasteiger partial charge in [-0.25, -0.2) is 0 Å². The number of rotatable bonds is 6. The van der Waals surface area contributed by atoms with Gasteiger partial charge in [0.05, 0.1) is 19.3 Å². The van der Waals surface area contributed by atoms with Crippen LogP contribution in [0.3, 0.4) is 0 Å². The fourth-order valence-electron chi connectivity index (χ4n) is 1.98. The molecule has 0 unspecified atom stereocenters. The third kappa shape index (κ3) is 6.85. The Labute approximate surface area is 99.7 Å². The van der Waals surface area contributed by atoms with Gasteiger partial charge in [-0.15, -0.1) is 0 Å². The lowest BCUT2D eigenvalue weighted by molar-refractivity contribution is -0.177. The van der Waals surface area contributed by atoms with Crippen LogP contribution in [0.15, 0.2) is 0 Å².